The predicted molar refractivity (Wildman–Crippen MR) is 157 cm³/mol. The number of nitrogens with zero attached hydrogens (tertiary/aromatic N) is 3. The van der Waals surface area contributed by atoms with Gasteiger partial charge < -0.3 is 30.4 Å². The molecule has 1 aromatic carbocycles. The van der Waals surface area contributed by atoms with Gasteiger partial charge in [0, 0.05) is 38.2 Å². The zero-order valence-electron chi connectivity index (χ0n) is 25.1. The van der Waals surface area contributed by atoms with Crippen molar-refractivity contribution in [3.63, 3.8) is 0 Å². The number of likely N-dealkylation sites (tertiary alicyclic amines) is 1. The van der Waals surface area contributed by atoms with E-state index in [1.54, 1.807) is 22.9 Å². The second-order valence-electron chi connectivity index (χ2n) is 13.6. The van der Waals surface area contributed by atoms with Crippen LogP contribution in [0.5, 0.6) is 5.75 Å². The number of carboxylic acid groups (broad SMARTS) is 1. The summed E-state index contributed by atoms with van der Waals surface area (Å²) in [5.74, 6) is 4.32. The third-order valence-corrected chi connectivity index (χ3v) is 10.8. The Morgan fingerprint density at radius 3 is 2.60 bits per heavy atom. The van der Waals surface area contributed by atoms with Crippen molar-refractivity contribution in [2.75, 3.05) is 32.8 Å². The molecular weight excluding hydrogens is 553 g/mol. The van der Waals surface area contributed by atoms with Gasteiger partial charge in [-0.3, -0.25) is 14.4 Å². The van der Waals surface area contributed by atoms with Crippen molar-refractivity contribution in [1.29, 1.82) is 0 Å². The first kappa shape index (κ1) is 29.7. The van der Waals surface area contributed by atoms with E-state index in [4.69, 9.17) is 16.3 Å². The van der Waals surface area contributed by atoms with E-state index in [9.17, 15) is 19.5 Å². The molecule has 6 rings (SSSR count). The molecule has 234 valence electrons. The number of carbonyl (C=O) groups excluding carboxylic acids is 2. The van der Waals surface area contributed by atoms with Gasteiger partial charge >= 0.3 is 5.97 Å². The summed E-state index contributed by atoms with van der Waals surface area (Å²) in [5.41, 5.74) is 7.61. The SMILES string of the molecule is C[C@]1(C(=O)O)CCCC[C@H]1C(=O)N1CCc2c(F)ccc(OC/C(N)=C3\CCCCN3N)c2[C@H]1CN1CC2(CC2)CC1=O. The maximum absolute atomic E-state index is 15.4. The molecule has 1 spiro atoms. The maximum atomic E-state index is 15.4. The van der Waals surface area contributed by atoms with Crippen LogP contribution >= 0.6 is 0 Å². The van der Waals surface area contributed by atoms with Crippen LogP contribution < -0.4 is 16.3 Å². The van der Waals surface area contributed by atoms with Crippen molar-refractivity contribution in [2.45, 2.75) is 83.6 Å². The number of carboxylic acids is 1. The Morgan fingerprint density at radius 1 is 1.12 bits per heavy atom. The molecule has 43 heavy (non-hydrogen) atoms. The molecule has 2 amide bonds. The van der Waals surface area contributed by atoms with Gasteiger partial charge in [0.1, 0.15) is 18.2 Å². The molecule has 2 saturated carbocycles. The fraction of sp³-hybridized carbons (Fsp3) is 0.656. The molecule has 0 radical (unpaired) electrons. The summed E-state index contributed by atoms with van der Waals surface area (Å²) in [4.78, 5) is 43.5. The number of carbonyl (C=O) groups is 3. The first-order valence-electron chi connectivity index (χ1n) is 15.8. The van der Waals surface area contributed by atoms with Crippen LogP contribution in [-0.2, 0) is 20.8 Å². The van der Waals surface area contributed by atoms with Gasteiger partial charge in [0.15, 0.2) is 0 Å². The second kappa shape index (κ2) is 11.3. The molecule has 2 aliphatic carbocycles. The van der Waals surface area contributed by atoms with Gasteiger partial charge in [0.2, 0.25) is 11.8 Å². The normalized spacial score (nSPS) is 29.5. The Morgan fingerprint density at radius 2 is 1.91 bits per heavy atom. The lowest BCUT2D eigenvalue weighted by Crippen LogP contribution is -2.53. The summed E-state index contributed by atoms with van der Waals surface area (Å²) in [6, 6.07) is 2.28. The first-order valence-corrected chi connectivity index (χ1v) is 15.8. The topological polar surface area (TPSA) is 142 Å². The summed E-state index contributed by atoms with van der Waals surface area (Å²) in [6.45, 7) is 3.50. The van der Waals surface area contributed by atoms with Crippen LogP contribution in [0.3, 0.4) is 0 Å². The molecule has 3 aliphatic heterocycles. The number of rotatable bonds is 7. The van der Waals surface area contributed by atoms with E-state index in [2.05, 4.69) is 0 Å². The van der Waals surface area contributed by atoms with Crippen molar-refractivity contribution in [1.82, 2.24) is 14.8 Å². The smallest absolute Gasteiger partial charge is 0.310 e. The quantitative estimate of drug-likeness (QED) is 0.406. The van der Waals surface area contributed by atoms with Gasteiger partial charge in [0.05, 0.1) is 28.8 Å². The summed E-state index contributed by atoms with van der Waals surface area (Å²) in [5, 5.41) is 11.8. The van der Waals surface area contributed by atoms with E-state index in [1.165, 1.54) is 6.07 Å². The number of hydrazine groups is 1. The average molecular weight is 598 g/mol. The Labute approximate surface area is 252 Å². The lowest BCUT2D eigenvalue weighted by atomic mass is 9.66. The first-order chi connectivity index (χ1) is 20.5. The Balaban J connectivity index is 1.36. The minimum absolute atomic E-state index is 0.0185. The number of amides is 2. The number of ether oxygens (including phenoxy) is 1. The second-order valence-corrected chi connectivity index (χ2v) is 13.6. The molecule has 10 nitrogen and oxygen atoms in total. The number of fused-ring (bicyclic) bond motifs is 1. The van der Waals surface area contributed by atoms with Crippen LogP contribution in [-0.4, -0.2) is 70.5 Å². The van der Waals surface area contributed by atoms with E-state index >= 15 is 4.39 Å². The van der Waals surface area contributed by atoms with E-state index in [0.717, 1.165) is 50.6 Å². The predicted octanol–water partition coefficient (Wildman–Crippen LogP) is 3.45. The van der Waals surface area contributed by atoms with Crippen LogP contribution in [0.25, 0.3) is 0 Å². The molecule has 0 aromatic heterocycles. The highest BCUT2D eigenvalue weighted by molar-refractivity contribution is 5.88. The minimum Gasteiger partial charge on any atom is -0.487 e. The van der Waals surface area contributed by atoms with Crippen LogP contribution in [0.15, 0.2) is 23.5 Å². The number of halogens is 1. The van der Waals surface area contributed by atoms with Crippen LogP contribution in [0, 0.1) is 22.6 Å². The van der Waals surface area contributed by atoms with Gasteiger partial charge in [-0.25, -0.2) is 10.2 Å². The molecular formula is C32H44FN5O5. The molecule has 0 unspecified atom stereocenters. The Hall–Kier alpha value is -3.34. The van der Waals surface area contributed by atoms with Crippen molar-refractivity contribution in [3.8, 4) is 5.75 Å². The fourth-order valence-corrected chi connectivity index (χ4v) is 7.85. The molecule has 0 bridgehead atoms. The molecule has 5 aliphatic rings. The highest BCUT2D eigenvalue weighted by atomic mass is 19.1. The molecule has 3 heterocycles. The van der Waals surface area contributed by atoms with E-state index in [1.807, 2.05) is 4.90 Å². The summed E-state index contributed by atoms with van der Waals surface area (Å²) < 4.78 is 21.7. The monoisotopic (exact) mass is 597 g/mol. The van der Waals surface area contributed by atoms with E-state index in [0.29, 0.717) is 54.9 Å². The summed E-state index contributed by atoms with van der Waals surface area (Å²) in [6.07, 6.45) is 7.93. The van der Waals surface area contributed by atoms with Crippen molar-refractivity contribution in [3.05, 3.63) is 40.5 Å². The molecule has 11 heteroatoms. The largest absolute Gasteiger partial charge is 0.487 e. The van der Waals surface area contributed by atoms with Gasteiger partial charge in [-0.1, -0.05) is 12.8 Å². The fourth-order valence-electron chi connectivity index (χ4n) is 7.85. The van der Waals surface area contributed by atoms with Gasteiger partial charge in [0.25, 0.3) is 0 Å². The number of nitrogens with two attached hydrogens (primary N) is 2. The number of allylic oxidation sites excluding steroid dienone is 1. The highest BCUT2D eigenvalue weighted by Crippen LogP contribution is 2.54. The molecule has 4 fully saturated rings. The summed E-state index contributed by atoms with van der Waals surface area (Å²) >= 11 is 0. The Kier molecular flexibility index (Phi) is 7.81. The van der Waals surface area contributed by atoms with Crippen LogP contribution in [0.4, 0.5) is 4.39 Å². The number of hydrogen-bond donors (Lipinski definition) is 3. The molecule has 5 N–H and O–H groups in total. The van der Waals surface area contributed by atoms with Gasteiger partial charge in [-0.2, -0.15) is 0 Å². The highest BCUT2D eigenvalue weighted by Gasteiger charge is 2.54. The van der Waals surface area contributed by atoms with Gasteiger partial charge in [-0.15, -0.1) is 0 Å². The number of benzene rings is 1. The number of aliphatic carboxylic acids is 1. The minimum atomic E-state index is -1.18. The van der Waals surface area contributed by atoms with Crippen LogP contribution in [0.1, 0.15) is 88.3 Å². The zero-order chi connectivity index (χ0) is 30.5. The molecule has 3 atom stereocenters. The van der Waals surface area contributed by atoms with Crippen molar-refractivity contribution >= 4 is 17.8 Å². The van der Waals surface area contributed by atoms with E-state index < -0.39 is 23.3 Å². The summed E-state index contributed by atoms with van der Waals surface area (Å²) in [7, 11) is 0. The Bertz CT molecular complexity index is 1350. The number of hydrogen-bond acceptors (Lipinski definition) is 7. The third-order valence-electron chi connectivity index (χ3n) is 10.8. The molecule has 2 saturated heterocycles. The maximum Gasteiger partial charge on any atom is 0.310 e. The van der Waals surface area contributed by atoms with E-state index in [-0.39, 0.29) is 49.2 Å². The average Bonchev–Trinajstić information content (AvgIpc) is 3.67. The third kappa shape index (κ3) is 5.45. The van der Waals surface area contributed by atoms with Crippen LogP contribution in [0.2, 0.25) is 0 Å². The van der Waals surface area contributed by atoms with Gasteiger partial charge in [-0.05, 0) is 81.4 Å². The van der Waals surface area contributed by atoms with Crippen molar-refractivity contribution < 1.29 is 28.6 Å². The lowest BCUT2D eigenvalue weighted by Gasteiger charge is -2.45. The van der Waals surface area contributed by atoms with Crippen molar-refractivity contribution in [2.24, 2.45) is 28.3 Å². The zero-order valence-corrected chi connectivity index (χ0v) is 25.1. The number of piperidine rings is 1. The molecule has 1 aromatic rings. The standard InChI is InChI=1S/C32H44FN5O5/c1-31(30(41)42)11-4-2-6-21(31)29(40)37-15-10-20-22(33)8-9-26(43-18-23(34)24-7-3-5-14-38(24)35)28(20)25(37)17-36-19-32(12-13-32)16-27(36)39/h8-9,21,25H,2-7,10-19,34-35H2,1H3,(H,41,42)/b24-23-/t21-,25+,31-/m0/s1. The lowest BCUT2D eigenvalue weighted by molar-refractivity contribution is -0.162.